The van der Waals surface area contributed by atoms with Crippen LogP contribution in [-0.4, -0.2) is 38.8 Å². The molecule has 4 rings (SSSR count). The second-order valence-electron chi connectivity index (χ2n) is 6.64. The number of amides is 2. The van der Waals surface area contributed by atoms with E-state index in [1.165, 1.54) is 6.42 Å². The summed E-state index contributed by atoms with van der Waals surface area (Å²) >= 11 is 0. The fourth-order valence-electron chi connectivity index (χ4n) is 3.70. The number of aromatic nitrogens is 3. The first kappa shape index (κ1) is 15.2. The van der Waals surface area contributed by atoms with Gasteiger partial charge in [-0.2, -0.15) is 0 Å². The molecule has 1 saturated heterocycles. The number of nitrogens with one attached hydrogen (secondary N) is 1. The summed E-state index contributed by atoms with van der Waals surface area (Å²) in [5.74, 6) is 2.70. The molecule has 2 aromatic rings. The van der Waals surface area contributed by atoms with Crippen LogP contribution >= 0.6 is 0 Å². The van der Waals surface area contributed by atoms with Crippen molar-refractivity contribution >= 4 is 6.03 Å². The van der Waals surface area contributed by atoms with Gasteiger partial charge in [-0.25, -0.2) is 4.79 Å². The number of urea groups is 1. The van der Waals surface area contributed by atoms with E-state index in [0.29, 0.717) is 12.5 Å². The van der Waals surface area contributed by atoms with E-state index in [1.54, 1.807) is 0 Å². The van der Waals surface area contributed by atoms with Gasteiger partial charge >= 0.3 is 6.03 Å². The number of hydrogen-bond acceptors (Lipinski definition) is 3. The molecule has 1 aromatic carbocycles. The number of nitrogens with zero attached hydrogens (tertiary/aromatic N) is 4. The topological polar surface area (TPSA) is 63.1 Å². The van der Waals surface area contributed by atoms with Gasteiger partial charge in [-0.3, -0.25) is 0 Å². The van der Waals surface area contributed by atoms with Crippen molar-refractivity contribution in [3.05, 3.63) is 47.5 Å². The molecule has 1 aromatic heterocycles. The average molecular weight is 325 g/mol. The molecular weight excluding hydrogens is 302 g/mol. The van der Waals surface area contributed by atoms with Crippen molar-refractivity contribution < 1.29 is 4.79 Å². The average Bonchev–Trinajstić information content (AvgIpc) is 3.24. The van der Waals surface area contributed by atoms with E-state index in [-0.39, 0.29) is 6.03 Å². The standard InChI is InChI=1S/C18H23N5O/c24-18(19-13-14-5-2-1-3-6-14)22-11-8-15(9-12-22)17-21-20-16-7-4-10-23(16)17/h1-3,5-6,15H,4,7-13H2,(H,19,24). The molecule has 1 fully saturated rings. The van der Waals surface area contributed by atoms with Crippen molar-refractivity contribution in [1.29, 1.82) is 0 Å². The van der Waals surface area contributed by atoms with Crippen LogP contribution in [0.15, 0.2) is 30.3 Å². The molecule has 6 nitrogen and oxygen atoms in total. The molecule has 0 bridgehead atoms. The first-order valence-corrected chi connectivity index (χ1v) is 8.80. The SMILES string of the molecule is O=C(NCc1ccccc1)N1CCC(c2nnc3n2CCC3)CC1. The lowest BCUT2D eigenvalue weighted by molar-refractivity contribution is 0.179. The Kier molecular flexibility index (Phi) is 4.19. The number of fused-ring (bicyclic) bond motifs is 1. The molecule has 2 aliphatic rings. The Morgan fingerprint density at radius 3 is 2.71 bits per heavy atom. The summed E-state index contributed by atoms with van der Waals surface area (Å²) in [7, 11) is 0. The van der Waals surface area contributed by atoms with E-state index < -0.39 is 0 Å². The molecule has 0 aliphatic carbocycles. The normalized spacial score (nSPS) is 17.8. The van der Waals surface area contributed by atoms with Crippen LogP contribution in [0.3, 0.4) is 0 Å². The van der Waals surface area contributed by atoms with E-state index in [9.17, 15) is 4.79 Å². The van der Waals surface area contributed by atoms with Crippen molar-refractivity contribution in [2.75, 3.05) is 13.1 Å². The minimum Gasteiger partial charge on any atom is -0.334 e. The van der Waals surface area contributed by atoms with Gasteiger partial charge in [0.1, 0.15) is 11.6 Å². The lowest BCUT2D eigenvalue weighted by Gasteiger charge is -2.31. The maximum absolute atomic E-state index is 12.3. The molecule has 126 valence electrons. The lowest BCUT2D eigenvalue weighted by Crippen LogP contribution is -2.44. The molecule has 1 N–H and O–H groups in total. The van der Waals surface area contributed by atoms with E-state index in [4.69, 9.17) is 0 Å². The minimum atomic E-state index is 0.0313. The molecule has 24 heavy (non-hydrogen) atoms. The van der Waals surface area contributed by atoms with Gasteiger partial charge in [0.05, 0.1) is 0 Å². The molecule has 0 unspecified atom stereocenters. The molecule has 0 atom stereocenters. The first-order valence-electron chi connectivity index (χ1n) is 8.80. The fraction of sp³-hybridized carbons (Fsp3) is 0.500. The summed E-state index contributed by atoms with van der Waals surface area (Å²) in [6.07, 6.45) is 4.17. The minimum absolute atomic E-state index is 0.0313. The van der Waals surface area contributed by atoms with Crippen LogP contribution in [0.25, 0.3) is 0 Å². The highest BCUT2D eigenvalue weighted by atomic mass is 16.2. The second kappa shape index (κ2) is 6.63. The van der Waals surface area contributed by atoms with Crippen molar-refractivity contribution in [2.45, 2.75) is 44.7 Å². The van der Waals surface area contributed by atoms with Gasteiger partial charge in [0.25, 0.3) is 0 Å². The second-order valence-corrected chi connectivity index (χ2v) is 6.64. The zero-order valence-corrected chi connectivity index (χ0v) is 13.8. The van der Waals surface area contributed by atoms with E-state index in [2.05, 4.69) is 20.1 Å². The Morgan fingerprint density at radius 2 is 1.92 bits per heavy atom. The summed E-state index contributed by atoms with van der Waals surface area (Å²) in [6.45, 7) is 3.20. The molecule has 2 aliphatic heterocycles. The third kappa shape index (κ3) is 3.00. The monoisotopic (exact) mass is 325 g/mol. The Morgan fingerprint density at radius 1 is 1.12 bits per heavy atom. The number of benzene rings is 1. The number of rotatable bonds is 3. The molecular formula is C18H23N5O. The largest absolute Gasteiger partial charge is 0.334 e. The van der Waals surface area contributed by atoms with E-state index in [0.717, 1.165) is 56.1 Å². The predicted octanol–water partition coefficient (Wildman–Crippen LogP) is 2.31. The van der Waals surface area contributed by atoms with Gasteiger partial charge in [-0.1, -0.05) is 30.3 Å². The smallest absolute Gasteiger partial charge is 0.317 e. The van der Waals surface area contributed by atoms with Crippen molar-refractivity contribution in [3.8, 4) is 0 Å². The first-order chi connectivity index (χ1) is 11.8. The molecule has 2 amide bonds. The predicted molar refractivity (Wildman–Crippen MR) is 90.6 cm³/mol. The van der Waals surface area contributed by atoms with Crippen LogP contribution < -0.4 is 5.32 Å². The molecule has 3 heterocycles. The highest BCUT2D eigenvalue weighted by Crippen LogP contribution is 2.29. The number of carbonyl (C=O) groups excluding carboxylic acids is 1. The number of aryl methyl sites for hydroxylation is 1. The Labute approximate surface area is 141 Å². The Hall–Kier alpha value is -2.37. The van der Waals surface area contributed by atoms with Gasteiger partial charge in [-0.15, -0.1) is 10.2 Å². The van der Waals surface area contributed by atoms with E-state index >= 15 is 0 Å². The molecule has 0 spiro atoms. The quantitative estimate of drug-likeness (QED) is 0.942. The van der Waals surface area contributed by atoms with Gasteiger partial charge < -0.3 is 14.8 Å². The van der Waals surface area contributed by atoms with Gasteiger partial charge in [-0.05, 0) is 24.8 Å². The van der Waals surface area contributed by atoms with Gasteiger partial charge in [0.2, 0.25) is 0 Å². The lowest BCUT2D eigenvalue weighted by atomic mass is 9.96. The maximum Gasteiger partial charge on any atom is 0.317 e. The zero-order valence-electron chi connectivity index (χ0n) is 13.8. The van der Waals surface area contributed by atoms with Gasteiger partial charge in [0, 0.05) is 38.5 Å². The highest BCUT2D eigenvalue weighted by molar-refractivity contribution is 5.74. The summed E-state index contributed by atoms with van der Waals surface area (Å²) in [5, 5.41) is 11.7. The summed E-state index contributed by atoms with van der Waals surface area (Å²) in [4.78, 5) is 14.3. The summed E-state index contributed by atoms with van der Waals surface area (Å²) < 4.78 is 2.29. The van der Waals surface area contributed by atoms with Crippen LogP contribution in [0.5, 0.6) is 0 Å². The van der Waals surface area contributed by atoms with Crippen LogP contribution in [-0.2, 0) is 19.5 Å². The Balaban J connectivity index is 1.30. The number of carbonyl (C=O) groups is 1. The van der Waals surface area contributed by atoms with Crippen LogP contribution in [0.4, 0.5) is 4.79 Å². The maximum atomic E-state index is 12.3. The van der Waals surface area contributed by atoms with Crippen molar-refractivity contribution in [1.82, 2.24) is 25.0 Å². The van der Waals surface area contributed by atoms with Crippen LogP contribution in [0, 0.1) is 0 Å². The zero-order chi connectivity index (χ0) is 16.4. The summed E-state index contributed by atoms with van der Waals surface area (Å²) in [6, 6.07) is 10.0. The molecule has 6 heteroatoms. The highest BCUT2D eigenvalue weighted by Gasteiger charge is 2.29. The number of piperidine rings is 1. The van der Waals surface area contributed by atoms with Gasteiger partial charge in [0.15, 0.2) is 0 Å². The molecule has 0 saturated carbocycles. The number of likely N-dealkylation sites (tertiary alicyclic amines) is 1. The third-order valence-corrected chi connectivity index (χ3v) is 5.07. The fourth-order valence-corrected chi connectivity index (χ4v) is 3.70. The van der Waals surface area contributed by atoms with Crippen molar-refractivity contribution in [2.24, 2.45) is 0 Å². The number of hydrogen-bond donors (Lipinski definition) is 1. The summed E-state index contributed by atoms with van der Waals surface area (Å²) in [5.41, 5.74) is 1.12. The third-order valence-electron chi connectivity index (χ3n) is 5.07. The molecule has 0 radical (unpaired) electrons. The van der Waals surface area contributed by atoms with Crippen LogP contribution in [0.1, 0.15) is 42.4 Å². The van der Waals surface area contributed by atoms with Crippen molar-refractivity contribution in [3.63, 3.8) is 0 Å². The van der Waals surface area contributed by atoms with Crippen LogP contribution in [0.2, 0.25) is 0 Å². The van der Waals surface area contributed by atoms with E-state index in [1.807, 2.05) is 35.2 Å². The Bertz CT molecular complexity index is 703.